The predicted octanol–water partition coefficient (Wildman–Crippen LogP) is -2.02. The van der Waals surface area contributed by atoms with Gasteiger partial charge in [0, 0.05) is 43.9 Å². The summed E-state index contributed by atoms with van der Waals surface area (Å²) in [5.41, 5.74) is 4.70. The summed E-state index contributed by atoms with van der Waals surface area (Å²) in [7, 11) is 1.57. The van der Waals surface area contributed by atoms with Crippen molar-refractivity contribution < 1.29 is 34.4 Å². The highest BCUT2D eigenvalue weighted by Gasteiger charge is 2.72. The second kappa shape index (κ2) is 7.05. The zero-order chi connectivity index (χ0) is 22.0. The van der Waals surface area contributed by atoms with Crippen LogP contribution in [-0.4, -0.2) is 100 Å². The van der Waals surface area contributed by atoms with Gasteiger partial charge in [0.05, 0.1) is 36.1 Å². The Kier molecular flexibility index (Phi) is 4.88. The van der Waals surface area contributed by atoms with Crippen LogP contribution in [0.2, 0.25) is 0 Å². The molecule has 0 radical (unpaired) electrons. The fourth-order valence-corrected chi connectivity index (χ4v) is 5.46. The molecule has 0 aromatic carbocycles. The van der Waals surface area contributed by atoms with Gasteiger partial charge in [-0.25, -0.2) is 4.79 Å². The normalized spacial score (nSPS) is 36.5. The molecule has 164 valence electrons. The first-order valence-electron chi connectivity index (χ1n) is 9.84. The number of likely N-dealkylation sites (tertiary alicyclic amines) is 1. The van der Waals surface area contributed by atoms with Gasteiger partial charge in [-0.1, -0.05) is 0 Å². The summed E-state index contributed by atoms with van der Waals surface area (Å²) in [6.07, 6.45) is -1.24. The Morgan fingerprint density at radius 1 is 1.30 bits per heavy atom. The smallest absolute Gasteiger partial charge is 0.402 e. The fraction of sp³-hybridized carbons (Fsp3) is 0.632. The third kappa shape index (κ3) is 2.69. The molecule has 5 atom stereocenters. The Morgan fingerprint density at radius 2 is 1.97 bits per heavy atom. The largest absolute Gasteiger partial charge is 0.465 e. The number of hydrogen-bond donors (Lipinski definition) is 5. The number of amides is 1. The van der Waals surface area contributed by atoms with Crippen molar-refractivity contribution in [2.45, 2.75) is 37.3 Å². The van der Waals surface area contributed by atoms with E-state index in [1.54, 1.807) is 18.9 Å². The minimum absolute atomic E-state index is 0.00761. The maximum atomic E-state index is 13.4. The third-order valence-electron chi connectivity index (χ3n) is 6.67. The van der Waals surface area contributed by atoms with Gasteiger partial charge in [-0.15, -0.1) is 0 Å². The minimum atomic E-state index is -1.33. The quantitative estimate of drug-likeness (QED) is 0.252. The van der Waals surface area contributed by atoms with Crippen molar-refractivity contribution in [2.75, 3.05) is 33.4 Å². The molecule has 4 heterocycles. The topological polar surface area (TPSA) is 176 Å². The summed E-state index contributed by atoms with van der Waals surface area (Å²) in [6, 6.07) is 0.230. The molecule has 6 N–H and O–H groups in total. The molecule has 1 amide bonds. The van der Waals surface area contributed by atoms with Gasteiger partial charge < -0.3 is 40.9 Å². The molecular weight excluding hydrogens is 396 g/mol. The maximum absolute atomic E-state index is 13.4. The summed E-state index contributed by atoms with van der Waals surface area (Å²) in [5, 5.41) is 30.5. The molecule has 3 fully saturated rings. The Labute approximate surface area is 172 Å². The van der Waals surface area contributed by atoms with Crippen LogP contribution in [0.3, 0.4) is 0 Å². The number of primary amides is 1. The van der Waals surface area contributed by atoms with Gasteiger partial charge in [0.1, 0.15) is 0 Å². The van der Waals surface area contributed by atoms with Gasteiger partial charge in [-0.2, -0.15) is 0 Å². The lowest BCUT2D eigenvalue weighted by atomic mass is 9.82. The van der Waals surface area contributed by atoms with Crippen molar-refractivity contribution in [2.24, 2.45) is 11.7 Å². The van der Waals surface area contributed by atoms with Gasteiger partial charge in [0.15, 0.2) is 5.72 Å². The second-order valence-electron chi connectivity index (χ2n) is 8.17. The van der Waals surface area contributed by atoms with Crippen molar-refractivity contribution in [1.82, 2.24) is 15.1 Å². The molecule has 11 heteroatoms. The number of carbonyl (C=O) groups is 3. The Hall–Kier alpha value is -2.47. The lowest BCUT2D eigenvalue weighted by molar-refractivity contribution is -0.137. The third-order valence-corrected chi connectivity index (χ3v) is 6.67. The molecule has 5 rings (SSSR count). The number of carbonyl (C=O) groups excluding carboxylic acids is 2. The van der Waals surface area contributed by atoms with Crippen LogP contribution < -0.4 is 11.1 Å². The SMILES string of the molecule is COC12C(CO)C3=C(C(=O)C(C)=C(N4CCC(O)C4)C3=O)N1CC1NC12.NC(=O)O. The molecule has 11 nitrogen and oxygen atoms in total. The zero-order valence-electron chi connectivity index (χ0n) is 16.8. The number of ketones is 2. The maximum Gasteiger partial charge on any atom is 0.402 e. The standard InChI is InChI=1S/C18H23N3O5.CH3NO2/c1-8-13(20-4-3-9(23)5-20)16(25)12-10(7-22)18(26-2)17-11(19-17)6-21(18)14(12)15(8)24;2-1(3)4/h9-11,17,19,22-23H,3-7H2,1-2H3;2H2,(H,3,4). The Bertz CT molecular complexity index is 880. The summed E-state index contributed by atoms with van der Waals surface area (Å²) >= 11 is 0. The number of allylic oxidation sites excluding steroid dienone is 2. The molecule has 5 aliphatic rings. The van der Waals surface area contributed by atoms with Crippen molar-refractivity contribution in [3.63, 3.8) is 0 Å². The van der Waals surface area contributed by atoms with Crippen LogP contribution in [0.1, 0.15) is 13.3 Å². The molecule has 4 aliphatic heterocycles. The Morgan fingerprint density at radius 3 is 2.50 bits per heavy atom. The number of fused-ring (bicyclic) bond motifs is 4. The highest BCUT2D eigenvalue weighted by atomic mass is 16.5. The van der Waals surface area contributed by atoms with E-state index in [0.717, 1.165) is 0 Å². The lowest BCUT2D eigenvalue weighted by Gasteiger charge is -2.39. The molecule has 0 aromatic heterocycles. The molecular formula is C19H26N4O7. The number of piperazine rings is 1. The Balaban J connectivity index is 0.000000503. The number of methoxy groups -OCH3 is 1. The van der Waals surface area contributed by atoms with Crippen molar-refractivity contribution >= 4 is 17.7 Å². The first-order chi connectivity index (χ1) is 14.2. The van der Waals surface area contributed by atoms with Crippen LogP contribution >= 0.6 is 0 Å². The number of aliphatic hydroxyl groups is 2. The average Bonchev–Trinajstić information content (AvgIpc) is 3.06. The fourth-order valence-electron chi connectivity index (χ4n) is 5.46. The monoisotopic (exact) mass is 422 g/mol. The van der Waals surface area contributed by atoms with Gasteiger partial charge >= 0.3 is 6.09 Å². The van der Waals surface area contributed by atoms with E-state index >= 15 is 0 Å². The molecule has 0 saturated carbocycles. The van der Waals surface area contributed by atoms with Crippen LogP contribution in [0.15, 0.2) is 22.5 Å². The first-order valence-corrected chi connectivity index (χ1v) is 9.84. The number of hydrogen-bond acceptors (Lipinski definition) is 9. The van der Waals surface area contributed by atoms with Crippen molar-refractivity contribution in [3.8, 4) is 0 Å². The number of carboxylic acid groups (broad SMARTS) is 1. The number of Topliss-reactive ketones (excluding diaryl/α,β-unsaturated/α-hetero) is 2. The number of ether oxygens (including phenoxy) is 1. The summed E-state index contributed by atoms with van der Waals surface area (Å²) < 4.78 is 5.87. The van der Waals surface area contributed by atoms with Gasteiger partial charge in [0.2, 0.25) is 11.6 Å². The predicted molar refractivity (Wildman–Crippen MR) is 102 cm³/mol. The minimum Gasteiger partial charge on any atom is -0.465 e. The van der Waals surface area contributed by atoms with Gasteiger partial charge in [0.25, 0.3) is 0 Å². The lowest BCUT2D eigenvalue weighted by Crippen LogP contribution is -2.54. The number of β-amino-alcohol motifs (C(OH)–C–C–N with tert-alkyl or cyclic N) is 1. The van der Waals surface area contributed by atoms with Crippen LogP contribution in [0.5, 0.6) is 0 Å². The van der Waals surface area contributed by atoms with Crippen molar-refractivity contribution in [3.05, 3.63) is 22.5 Å². The van der Waals surface area contributed by atoms with E-state index in [0.29, 0.717) is 48.6 Å². The highest BCUT2D eigenvalue weighted by Crippen LogP contribution is 2.55. The first kappa shape index (κ1) is 20.8. The number of nitrogens with zero attached hydrogens (tertiary/aromatic N) is 2. The number of rotatable bonds is 3. The highest BCUT2D eigenvalue weighted by molar-refractivity contribution is 6.25. The van der Waals surface area contributed by atoms with Crippen LogP contribution in [0.4, 0.5) is 4.79 Å². The van der Waals surface area contributed by atoms with E-state index in [9.17, 15) is 19.8 Å². The number of nitrogens with one attached hydrogen (secondary N) is 1. The molecule has 3 saturated heterocycles. The van der Waals surface area contributed by atoms with Crippen LogP contribution in [-0.2, 0) is 14.3 Å². The van der Waals surface area contributed by atoms with Crippen LogP contribution in [0.25, 0.3) is 0 Å². The summed E-state index contributed by atoms with van der Waals surface area (Å²) in [6.45, 7) is 2.91. The van der Waals surface area contributed by atoms with E-state index in [4.69, 9.17) is 14.6 Å². The molecule has 1 aliphatic carbocycles. The van der Waals surface area contributed by atoms with E-state index in [1.807, 2.05) is 4.90 Å². The van der Waals surface area contributed by atoms with Crippen LogP contribution in [0, 0.1) is 5.92 Å². The number of aliphatic hydroxyl groups excluding tert-OH is 2. The van der Waals surface area contributed by atoms with E-state index in [-0.39, 0.29) is 30.3 Å². The molecule has 0 aromatic rings. The summed E-state index contributed by atoms with van der Waals surface area (Å²) in [5.74, 6) is -0.956. The average molecular weight is 422 g/mol. The zero-order valence-corrected chi connectivity index (χ0v) is 16.8. The van der Waals surface area contributed by atoms with Crippen molar-refractivity contribution in [1.29, 1.82) is 0 Å². The van der Waals surface area contributed by atoms with E-state index in [2.05, 4.69) is 11.1 Å². The number of nitrogens with two attached hydrogens (primary N) is 1. The molecule has 0 spiro atoms. The van der Waals surface area contributed by atoms with Gasteiger partial charge in [-0.3, -0.25) is 9.59 Å². The van der Waals surface area contributed by atoms with E-state index < -0.39 is 23.8 Å². The van der Waals surface area contributed by atoms with E-state index in [1.165, 1.54) is 0 Å². The molecule has 5 unspecified atom stereocenters. The molecule has 30 heavy (non-hydrogen) atoms. The second-order valence-corrected chi connectivity index (χ2v) is 8.17. The van der Waals surface area contributed by atoms with Gasteiger partial charge in [-0.05, 0) is 13.3 Å². The molecule has 0 bridgehead atoms. The summed E-state index contributed by atoms with van der Waals surface area (Å²) in [4.78, 5) is 39.1.